The molecule has 0 saturated carbocycles. The van der Waals surface area contributed by atoms with Gasteiger partial charge in [0.05, 0.1) is 23.7 Å². The van der Waals surface area contributed by atoms with Crippen molar-refractivity contribution in [3.05, 3.63) is 26.9 Å². The van der Waals surface area contributed by atoms with Gasteiger partial charge in [0, 0.05) is 16.7 Å². The number of pyridine rings is 1. The number of hydrogen-bond donors (Lipinski definition) is 1. The highest BCUT2D eigenvalue weighted by atomic mass is 79.9. The van der Waals surface area contributed by atoms with Crippen molar-refractivity contribution in [3.63, 3.8) is 0 Å². The van der Waals surface area contributed by atoms with E-state index in [0.717, 1.165) is 0 Å². The van der Waals surface area contributed by atoms with Crippen molar-refractivity contribution in [2.45, 2.75) is 12.5 Å². The minimum absolute atomic E-state index is 0.0394. The monoisotopic (exact) mass is 287 g/mol. The maximum absolute atomic E-state index is 10.8. The first-order valence-corrected chi connectivity index (χ1v) is 5.45. The maximum atomic E-state index is 10.8. The van der Waals surface area contributed by atoms with E-state index in [4.69, 9.17) is 4.74 Å². The standard InChI is InChI=1S/C9H10BrN3O3/c1-9(4-16-5-9)12-8-7(13(14)15)2-6(10)3-11-8/h2-3H,4-5H2,1H3,(H,11,12). The fraction of sp³-hybridized carbons (Fsp3) is 0.444. The summed E-state index contributed by atoms with van der Waals surface area (Å²) in [5.41, 5.74) is -0.298. The molecule has 2 rings (SSSR count). The normalized spacial score (nSPS) is 17.6. The molecule has 1 saturated heterocycles. The Balaban J connectivity index is 2.29. The molecule has 1 aliphatic heterocycles. The molecule has 7 heteroatoms. The molecular weight excluding hydrogens is 278 g/mol. The predicted molar refractivity (Wildman–Crippen MR) is 61.4 cm³/mol. The summed E-state index contributed by atoms with van der Waals surface area (Å²) in [7, 11) is 0. The van der Waals surface area contributed by atoms with Gasteiger partial charge in [-0.2, -0.15) is 0 Å². The fourth-order valence-corrected chi connectivity index (χ4v) is 1.75. The molecule has 0 aliphatic carbocycles. The summed E-state index contributed by atoms with van der Waals surface area (Å²) in [4.78, 5) is 14.4. The van der Waals surface area contributed by atoms with Crippen LogP contribution in [0, 0.1) is 10.1 Å². The van der Waals surface area contributed by atoms with E-state index in [-0.39, 0.29) is 17.0 Å². The zero-order valence-electron chi connectivity index (χ0n) is 8.57. The molecule has 1 fully saturated rings. The number of halogens is 1. The number of ether oxygens (including phenoxy) is 1. The van der Waals surface area contributed by atoms with E-state index in [1.54, 1.807) is 0 Å². The molecular formula is C9H10BrN3O3. The van der Waals surface area contributed by atoms with Crippen LogP contribution in [0.3, 0.4) is 0 Å². The highest BCUT2D eigenvalue weighted by Crippen LogP contribution is 2.29. The number of nitrogens with one attached hydrogen (secondary N) is 1. The average Bonchev–Trinajstić information content (AvgIpc) is 2.18. The third-order valence-corrected chi connectivity index (χ3v) is 2.73. The summed E-state index contributed by atoms with van der Waals surface area (Å²) >= 11 is 3.16. The second-order valence-corrected chi connectivity index (χ2v) is 4.87. The predicted octanol–water partition coefficient (Wildman–Crippen LogP) is 1.95. The molecule has 1 aliphatic rings. The fourth-order valence-electron chi connectivity index (χ4n) is 1.43. The van der Waals surface area contributed by atoms with E-state index in [1.165, 1.54) is 12.3 Å². The van der Waals surface area contributed by atoms with Gasteiger partial charge in [0.25, 0.3) is 0 Å². The lowest BCUT2D eigenvalue weighted by Crippen LogP contribution is -2.53. The minimum atomic E-state index is -0.455. The molecule has 0 aromatic carbocycles. The van der Waals surface area contributed by atoms with E-state index < -0.39 is 4.92 Å². The van der Waals surface area contributed by atoms with Crippen LogP contribution in [0.15, 0.2) is 16.7 Å². The molecule has 2 heterocycles. The molecule has 1 aromatic rings. The van der Waals surface area contributed by atoms with Crippen LogP contribution in [0.2, 0.25) is 0 Å². The molecule has 0 amide bonds. The SMILES string of the molecule is CC1(Nc2ncc(Br)cc2[N+](=O)[O-])COC1. The van der Waals surface area contributed by atoms with Crippen molar-refractivity contribution in [1.29, 1.82) is 0 Å². The van der Waals surface area contributed by atoms with E-state index in [0.29, 0.717) is 17.7 Å². The van der Waals surface area contributed by atoms with Gasteiger partial charge in [-0.25, -0.2) is 4.98 Å². The molecule has 1 aromatic heterocycles. The highest BCUT2D eigenvalue weighted by Gasteiger charge is 2.35. The van der Waals surface area contributed by atoms with Crippen molar-refractivity contribution in [1.82, 2.24) is 4.98 Å². The van der Waals surface area contributed by atoms with Gasteiger partial charge in [0.15, 0.2) is 0 Å². The average molecular weight is 288 g/mol. The lowest BCUT2D eigenvalue weighted by molar-refractivity contribution is -0.384. The Bertz CT molecular complexity index is 434. The van der Waals surface area contributed by atoms with Crippen molar-refractivity contribution >= 4 is 27.4 Å². The molecule has 16 heavy (non-hydrogen) atoms. The summed E-state index contributed by atoms with van der Waals surface area (Å²) in [6.45, 7) is 2.99. The number of aromatic nitrogens is 1. The molecule has 0 atom stereocenters. The Morgan fingerprint density at radius 2 is 2.38 bits per heavy atom. The van der Waals surface area contributed by atoms with Gasteiger partial charge in [-0.15, -0.1) is 0 Å². The van der Waals surface area contributed by atoms with Gasteiger partial charge in [-0.3, -0.25) is 10.1 Å². The smallest absolute Gasteiger partial charge is 0.312 e. The number of rotatable bonds is 3. The van der Waals surface area contributed by atoms with Crippen LogP contribution in [0.4, 0.5) is 11.5 Å². The molecule has 6 nitrogen and oxygen atoms in total. The summed E-state index contributed by atoms with van der Waals surface area (Å²) in [5, 5.41) is 13.9. The van der Waals surface area contributed by atoms with Crippen LogP contribution >= 0.6 is 15.9 Å². The summed E-state index contributed by atoms with van der Waals surface area (Å²) in [5.74, 6) is 0.277. The minimum Gasteiger partial charge on any atom is -0.376 e. The van der Waals surface area contributed by atoms with Gasteiger partial charge in [-0.05, 0) is 22.9 Å². The van der Waals surface area contributed by atoms with E-state index in [2.05, 4.69) is 26.2 Å². The van der Waals surface area contributed by atoms with Crippen molar-refractivity contribution in [2.75, 3.05) is 18.5 Å². The van der Waals surface area contributed by atoms with Gasteiger partial charge in [0.2, 0.25) is 5.82 Å². The molecule has 0 unspecified atom stereocenters. The third kappa shape index (κ3) is 2.14. The Hall–Kier alpha value is -1.21. The zero-order valence-corrected chi connectivity index (χ0v) is 10.2. The summed E-state index contributed by atoms with van der Waals surface area (Å²) < 4.78 is 5.65. The summed E-state index contributed by atoms with van der Waals surface area (Å²) in [6.07, 6.45) is 1.53. The first kappa shape index (κ1) is 11.3. The summed E-state index contributed by atoms with van der Waals surface area (Å²) in [6, 6.07) is 1.43. The number of nitrogens with zero attached hydrogens (tertiary/aromatic N) is 2. The Morgan fingerprint density at radius 1 is 1.69 bits per heavy atom. The van der Waals surface area contributed by atoms with Gasteiger partial charge in [0.1, 0.15) is 0 Å². The Kier molecular flexibility index (Phi) is 2.81. The first-order chi connectivity index (χ1) is 7.50. The van der Waals surface area contributed by atoms with Gasteiger partial charge in [-0.1, -0.05) is 0 Å². The third-order valence-electron chi connectivity index (χ3n) is 2.29. The zero-order chi connectivity index (χ0) is 11.8. The second kappa shape index (κ2) is 3.99. The number of anilines is 1. The van der Waals surface area contributed by atoms with Crippen LogP contribution in [0.25, 0.3) is 0 Å². The quantitative estimate of drug-likeness (QED) is 0.679. The van der Waals surface area contributed by atoms with E-state index in [1.807, 2.05) is 6.92 Å². The molecule has 86 valence electrons. The topological polar surface area (TPSA) is 77.3 Å². The van der Waals surface area contributed by atoms with Crippen molar-refractivity contribution in [2.24, 2.45) is 0 Å². The molecule has 0 spiro atoms. The van der Waals surface area contributed by atoms with Crippen LogP contribution in [-0.4, -0.2) is 28.7 Å². The lowest BCUT2D eigenvalue weighted by atomic mass is 10.0. The van der Waals surface area contributed by atoms with Crippen molar-refractivity contribution in [3.8, 4) is 0 Å². The second-order valence-electron chi connectivity index (χ2n) is 3.96. The van der Waals surface area contributed by atoms with Crippen LogP contribution in [-0.2, 0) is 4.74 Å². The first-order valence-electron chi connectivity index (χ1n) is 4.66. The van der Waals surface area contributed by atoms with Crippen LogP contribution in [0.1, 0.15) is 6.92 Å². The maximum Gasteiger partial charge on any atom is 0.312 e. The number of nitro groups is 1. The Labute approximate surface area is 100 Å². The Morgan fingerprint density at radius 3 is 2.88 bits per heavy atom. The number of hydrogen-bond acceptors (Lipinski definition) is 5. The highest BCUT2D eigenvalue weighted by molar-refractivity contribution is 9.10. The van der Waals surface area contributed by atoms with Gasteiger partial charge < -0.3 is 10.1 Å². The van der Waals surface area contributed by atoms with Crippen LogP contribution < -0.4 is 5.32 Å². The lowest BCUT2D eigenvalue weighted by Gasteiger charge is -2.38. The molecule has 0 bridgehead atoms. The largest absolute Gasteiger partial charge is 0.376 e. The van der Waals surface area contributed by atoms with E-state index >= 15 is 0 Å². The van der Waals surface area contributed by atoms with Crippen molar-refractivity contribution < 1.29 is 9.66 Å². The molecule has 0 radical (unpaired) electrons. The van der Waals surface area contributed by atoms with Gasteiger partial charge >= 0.3 is 5.69 Å². The van der Waals surface area contributed by atoms with E-state index in [9.17, 15) is 10.1 Å². The van der Waals surface area contributed by atoms with Crippen LogP contribution in [0.5, 0.6) is 0 Å². The molecule has 1 N–H and O–H groups in total.